The number of aromatic nitrogens is 1. The molecule has 126 valence electrons. The van der Waals surface area contributed by atoms with E-state index in [1.54, 1.807) is 31.3 Å². The maximum Gasteiger partial charge on any atom is 0.274 e. The summed E-state index contributed by atoms with van der Waals surface area (Å²) >= 11 is 12.0. The lowest BCUT2D eigenvalue weighted by Crippen LogP contribution is -2.36. The summed E-state index contributed by atoms with van der Waals surface area (Å²) in [5.74, 6) is 1.10. The standard InChI is InChI=1S/C17H16Cl2N2O3/c1-23-13-7-10-5-6-21(9-11(10)8-14(13)24-2)17(22)16-12(18)3-4-15(19)20-16/h3-4,7-8H,5-6,9H2,1-2H3. The van der Waals surface area contributed by atoms with E-state index < -0.39 is 0 Å². The van der Waals surface area contributed by atoms with E-state index >= 15 is 0 Å². The van der Waals surface area contributed by atoms with Crippen LogP contribution in [0.5, 0.6) is 11.5 Å². The molecule has 24 heavy (non-hydrogen) atoms. The Labute approximate surface area is 150 Å². The monoisotopic (exact) mass is 366 g/mol. The highest BCUT2D eigenvalue weighted by molar-refractivity contribution is 6.34. The molecule has 0 saturated carbocycles. The molecule has 0 fully saturated rings. The topological polar surface area (TPSA) is 51.7 Å². The number of carbonyl (C=O) groups is 1. The third-order valence-electron chi connectivity index (χ3n) is 4.02. The SMILES string of the molecule is COc1cc2c(cc1OC)CN(C(=O)c1nc(Cl)ccc1Cl)CC2. The molecule has 0 spiro atoms. The molecule has 0 saturated heterocycles. The van der Waals surface area contributed by atoms with Gasteiger partial charge in [-0.2, -0.15) is 0 Å². The van der Waals surface area contributed by atoms with Gasteiger partial charge < -0.3 is 14.4 Å². The van der Waals surface area contributed by atoms with Gasteiger partial charge in [0.15, 0.2) is 11.5 Å². The fourth-order valence-corrected chi connectivity index (χ4v) is 3.11. The summed E-state index contributed by atoms with van der Waals surface area (Å²) in [7, 11) is 3.20. The highest BCUT2D eigenvalue weighted by Gasteiger charge is 2.26. The number of fused-ring (bicyclic) bond motifs is 1. The van der Waals surface area contributed by atoms with Crippen LogP contribution in [0.1, 0.15) is 21.6 Å². The molecule has 0 radical (unpaired) electrons. The van der Waals surface area contributed by atoms with Crippen molar-refractivity contribution < 1.29 is 14.3 Å². The van der Waals surface area contributed by atoms with E-state index in [1.165, 1.54) is 0 Å². The molecule has 1 aromatic carbocycles. The van der Waals surface area contributed by atoms with E-state index in [4.69, 9.17) is 32.7 Å². The number of amides is 1. The average Bonchev–Trinajstić information content (AvgIpc) is 2.61. The molecule has 0 unspecified atom stereocenters. The van der Waals surface area contributed by atoms with Crippen molar-refractivity contribution in [1.29, 1.82) is 0 Å². The van der Waals surface area contributed by atoms with Crippen LogP contribution < -0.4 is 9.47 Å². The summed E-state index contributed by atoms with van der Waals surface area (Å²) in [5.41, 5.74) is 2.33. The molecular formula is C17H16Cl2N2O3. The highest BCUT2D eigenvalue weighted by Crippen LogP contribution is 2.33. The van der Waals surface area contributed by atoms with Crippen LogP contribution in [0, 0.1) is 0 Å². The van der Waals surface area contributed by atoms with Crippen LogP contribution in [0.2, 0.25) is 10.2 Å². The van der Waals surface area contributed by atoms with E-state index in [2.05, 4.69) is 4.98 Å². The van der Waals surface area contributed by atoms with Crippen molar-refractivity contribution in [2.45, 2.75) is 13.0 Å². The number of hydrogen-bond donors (Lipinski definition) is 0. The van der Waals surface area contributed by atoms with Crippen LogP contribution in [0.25, 0.3) is 0 Å². The van der Waals surface area contributed by atoms with Crippen molar-refractivity contribution in [1.82, 2.24) is 9.88 Å². The van der Waals surface area contributed by atoms with Crippen LogP contribution in [0.15, 0.2) is 24.3 Å². The molecule has 1 amide bonds. The molecule has 0 N–H and O–H groups in total. The van der Waals surface area contributed by atoms with Gasteiger partial charge in [-0.3, -0.25) is 4.79 Å². The lowest BCUT2D eigenvalue weighted by Gasteiger charge is -2.29. The van der Waals surface area contributed by atoms with Gasteiger partial charge in [0.1, 0.15) is 10.8 Å². The molecule has 2 aromatic rings. The minimum absolute atomic E-state index is 0.174. The summed E-state index contributed by atoms with van der Waals surface area (Å²) in [4.78, 5) is 18.5. The number of rotatable bonds is 3. The number of halogens is 2. The van der Waals surface area contributed by atoms with E-state index in [9.17, 15) is 4.79 Å². The van der Waals surface area contributed by atoms with Gasteiger partial charge in [-0.05, 0) is 41.8 Å². The summed E-state index contributed by atoms with van der Waals surface area (Å²) in [6.45, 7) is 1.03. The van der Waals surface area contributed by atoms with Crippen molar-refractivity contribution in [2.24, 2.45) is 0 Å². The van der Waals surface area contributed by atoms with E-state index in [0.717, 1.165) is 17.5 Å². The van der Waals surface area contributed by atoms with E-state index in [0.29, 0.717) is 29.6 Å². The molecule has 5 nitrogen and oxygen atoms in total. The van der Waals surface area contributed by atoms with Crippen molar-refractivity contribution in [2.75, 3.05) is 20.8 Å². The Bertz CT molecular complexity index is 796. The van der Waals surface area contributed by atoms with Gasteiger partial charge in [0.25, 0.3) is 5.91 Å². The second-order valence-electron chi connectivity index (χ2n) is 5.42. The summed E-state index contributed by atoms with van der Waals surface area (Å²) in [6, 6.07) is 7.00. The quantitative estimate of drug-likeness (QED) is 0.778. The summed E-state index contributed by atoms with van der Waals surface area (Å²) < 4.78 is 10.7. The van der Waals surface area contributed by atoms with Gasteiger partial charge in [0, 0.05) is 13.1 Å². The Hall–Kier alpha value is -1.98. The van der Waals surface area contributed by atoms with Gasteiger partial charge in [-0.15, -0.1) is 0 Å². The third-order valence-corrected chi connectivity index (χ3v) is 4.54. The minimum Gasteiger partial charge on any atom is -0.493 e. The molecule has 0 atom stereocenters. The molecule has 7 heteroatoms. The van der Waals surface area contributed by atoms with Crippen LogP contribution in [0.3, 0.4) is 0 Å². The predicted molar refractivity (Wildman–Crippen MR) is 92.2 cm³/mol. The number of carbonyl (C=O) groups excluding carboxylic acids is 1. The Morgan fingerprint density at radius 2 is 1.79 bits per heavy atom. The first-order valence-corrected chi connectivity index (χ1v) is 8.14. The number of benzene rings is 1. The number of ether oxygens (including phenoxy) is 2. The molecule has 2 heterocycles. The Morgan fingerprint density at radius 1 is 1.12 bits per heavy atom. The second kappa shape index (κ2) is 6.87. The van der Waals surface area contributed by atoms with E-state index in [1.807, 2.05) is 12.1 Å². The Morgan fingerprint density at radius 3 is 2.46 bits per heavy atom. The first-order valence-electron chi connectivity index (χ1n) is 7.38. The maximum atomic E-state index is 12.7. The molecule has 1 aliphatic heterocycles. The predicted octanol–water partition coefficient (Wildman–Crippen LogP) is 3.60. The van der Waals surface area contributed by atoms with Crippen LogP contribution in [-0.4, -0.2) is 36.6 Å². The third kappa shape index (κ3) is 3.14. The van der Waals surface area contributed by atoms with Crippen molar-refractivity contribution in [3.63, 3.8) is 0 Å². The van der Waals surface area contributed by atoms with Crippen molar-refractivity contribution in [3.05, 3.63) is 51.3 Å². The van der Waals surface area contributed by atoms with Gasteiger partial charge in [0.2, 0.25) is 0 Å². The summed E-state index contributed by atoms with van der Waals surface area (Å²) in [5, 5.41) is 0.536. The molecule has 1 aromatic heterocycles. The summed E-state index contributed by atoms with van der Waals surface area (Å²) in [6.07, 6.45) is 0.722. The molecule has 1 aliphatic rings. The van der Waals surface area contributed by atoms with Crippen LogP contribution in [-0.2, 0) is 13.0 Å². The fraction of sp³-hybridized carbons (Fsp3) is 0.294. The Balaban J connectivity index is 1.89. The normalized spacial score (nSPS) is 13.4. The number of nitrogens with zero attached hydrogens (tertiary/aromatic N) is 2. The smallest absolute Gasteiger partial charge is 0.274 e. The number of pyridine rings is 1. The van der Waals surface area contributed by atoms with Crippen molar-refractivity contribution >= 4 is 29.1 Å². The second-order valence-corrected chi connectivity index (χ2v) is 6.21. The highest BCUT2D eigenvalue weighted by atomic mass is 35.5. The average molecular weight is 367 g/mol. The van der Waals surface area contributed by atoms with Gasteiger partial charge >= 0.3 is 0 Å². The molecule has 3 rings (SSSR count). The zero-order chi connectivity index (χ0) is 17.3. The largest absolute Gasteiger partial charge is 0.493 e. The zero-order valence-electron chi connectivity index (χ0n) is 13.3. The first-order chi connectivity index (χ1) is 11.5. The fourth-order valence-electron chi connectivity index (χ4n) is 2.77. The van der Waals surface area contributed by atoms with Gasteiger partial charge in [-0.25, -0.2) is 4.98 Å². The van der Waals surface area contributed by atoms with Gasteiger partial charge in [0.05, 0.1) is 19.2 Å². The first kappa shape index (κ1) is 16.9. The van der Waals surface area contributed by atoms with Crippen LogP contribution >= 0.6 is 23.2 Å². The minimum atomic E-state index is -0.233. The molecular weight excluding hydrogens is 351 g/mol. The zero-order valence-corrected chi connectivity index (χ0v) is 14.8. The number of methoxy groups -OCH3 is 2. The molecule has 0 aliphatic carbocycles. The lowest BCUT2D eigenvalue weighted by atomic mass is 9.98. The van der Waals surface area contributed by atoms with Crippen LogP contribution in [0.4, 0.5) is 0 Å². The molecule has 0 bridgehead atoms. The number of hydrogen-bond acceptors (Lipinski definition) is 4. The maximum absolute atomic E-state index is 12.7. The lowest BCUT2D eigenvalue weighted by molar-refractivity contribution is 0.0728. The Kier molecular flexibility index (Phi) is 4.83. The van der Waals surface area contributed by atoms with Gasteiger partial charge in [-0.1, -0.05) is 23.2 Å². The van der Waals surface area contributed by atoms with Crippen molar-refractivity contribution in [3.8, 4) is 11.5 Å². The van der Waals surface area contributed by atoms with E-state index in [-0.39, 0.29) is 16.8 Å².